The Morgan fingerprint density at radius 2 is 1.62 bits per heavy atom. The van der Waals surface area contributed by atoms with Gasteiger partial charge in [-0.25, -0.2) is 4.79 Å². The fourth-order valence-electron chi connectivity index (χ4n) is 4.58. The van der Waals surface area contributed by atoms with Crippen LogP contribution in [0.4, 0.5) is 4.79 Å². The van der Waals surface area contributed by atoms with Crippen molar-refractivity contribution >= 4 is 24.6 Å². The van der Waals surface area contributed by atoms with Crippen molar-refractivity contribution in [3.05, 3.63) is 83.7 Å². The number of carbonyl (C=O) groups excluding carboxylic acids is 2. The zero-order valence-electron chi connectivity index (χ0n) is 25.8. The molecule has 1 aliphatic rings. The van der Waals surface area contributed by atoms with Gasteiger partial charge in [-0.2, -0.15) is 5.10 Å². The Kier molecular flexibility index (Phi) is 9.48. The van der Waals surface area contributed by atoms with Crippen LogP contribution in [0.2, 0.25) is 0 Å². The van der Waals surface area contributed by atoms with Crippen LogP contribution in [0.3, 0.4) is 0 Å². The summed E-state index contributed by atoms with van der Waals surface area (Å²) in [5, 5.41) is 7.14. The van der Waals surface area contributed by atoms with Gasteiger partial charge in [-0.1, -0.05) is 54.6 Å². The van der Waals surface area contributed by atoms with E-state index in [4.69, 9.17) is 14.0 Å². The first-order chi connectivity index (χ1) is 19.7. The number of rotatable bonds is 10. The Morgan fingerprint density at radius 3 is 2.29 bits per heavy atom. The van der Waals surface area contributed by atoms with Crippen LogP contribution >= 0.6 is 0 Å². The number of hydrogen-bond acceptors (Lipinski definition) is 6. The maximum absolute atomic E-state index is 13.3. The number of aromatic nitrogens is 2. The van der Waals surface area contributed by atoms with Crippen molar-refractivity contribution in [2.24, 2.45) is 0 Å². The fourth-order valence-corrected chi connectivity index (χ4v) is 4.58. The summed E-state index contributed by atoms with van der Waals surface area (Å²) in [6.45, 7) is 14.8. The molecule has 10 heteroatoms. The molecule has 0 bridgehead atoms. The number of amides is 2. The summed E-state index contributed by atoms with van der Waals surface area (Å²) in [6, 6.07) is 18.2. The molecule has 1 fully saturated rings. The number of hydrogen-bond donors (Lipinski definition) is 1. The minimum atomic E-state index is -0.639. The summed E-state index contributed by atoms with van der Waals surface area (Å²) in [5.41, 5.74) is 2.59. The molecule has 42 heavy (non-hydrogen) atoms. The van der Waals surface area contributed by atoms with E-state index < -0.39 is 30.0 Å². The maximum atomic E-state index is 13.3. The molecule has 3 aromatic rings. The molecule has 9 nitrogen and oxygen atoms in total. The fraction of sp³-hybridized carbons (Fsp3) is 0.469. The summed E-state index contributed by atoms with van der Waals surface area (Å²) in [6.07, 6.45) is 3.83. The van der Waals surface area contributed by atoms with Gasteiger partial charge in [0, 0.05) is 30.9 Å². The zero-order chi connectivity index (χ0) is 30.5. The number of carbonyl (C=O) groups is 2. The minimum Gasteiger partial charge on any atom is -0.444 e. The van der Waals surface area contributed by atoms with Crippen LogP contribution in [-0.4, -0.2) is 63.7 Å². The SMILES string of the molecule is CC(C)(C)OC(=O)NCC(=O)N(CCc1ccccc1)Cc1cccc(Cn2cc(B3OC(C)(C)C(C)(C)O3)cn2)c1. The van der Waals surface area contributed by atoms with Crippen LogP contribution in [0.15, 0.2) is 67.0 Å². The van der Waals surface area contributed by atoms with Crippen LogP contribution in [0, 0.1) is 0 Å². The highest BCUT2D eigenvalue weighted by atomic mass is 16.7. The lowest BCUT2D eigenvalue weighted by atomic mass is 9.82. The van der Waals surface area contributed by atoms with E-state index in [1.807, 2.05) is 87.1 Å². The van der Waals surface area contributed by atoms with Gasteiger partial charge in [-0.15, -0.1) is 0 Å². The van der Waals surface area contributed by atoms with Crippen LogP contribution in [-0.2, 0) is 38.4 Å². The summed E-state index contributed by atoms with van der Waals surface area (Å²) < 4.78 is 19.5. The van der Waals surface area contributed by atoms with Gasteiger partial charge in [-0.05, 0) is 71.6 Å². The van der Waals surface area contributed by atoms with Crippen LogP contribution in [0.1, 0.15) is 65.2 Å². The first-order valence-corrected chi connectivity index (χ1v) is 14.5. The van der Waals surface area contributed by atoms with E-state index >= 15 is 0 Å². The van der Waals surface area contributed by atoms with E-state index in [0.717, 1.165) is 22.2 Å². The van der Waals surface area contributed by atoms with Crippen molar-refractivity contribution in [2.45, 2.75) is 84.8 Å². The first kappa shape index (κ1) is 31.3. The quantitative estimate of drug-likeness (QED) is 0.363. The number of nitrogens with one attached hydrogen (secondary N) is 1. The van der Waals surface area contributed by atoms with Gasteiger partial charge in [0.25, 0.3) is 0 Å². The molecule has 224 valence electrons. The van der Waals surface area contributed by atoms with Gasteiger partial charge in [-0.3, -0.25) is 9.48 Å². The van der Waals surface area contributed by atoms with Crippen molar-refractivity contribution in [2.75, 3.05) is 13.1 Å². The number of ether oxygens (including phenoxy) is 1. The average molecular weight is 575 g/mol. The third-order valence-electron chi connectivity index (χ3n) is 7.54. The maximum Gasteiger partial charge on any atom is 0.498 e. The normalized spacial score (nSPS) is 15.8. The smallest absolute Gasteiger partial charge is 0.444 e. The van der Waals surface area contributed by atoms with Gasteiger partial charge in [0.05, 0.1) is 17.7 Å². The molecule has 0 atom stereocenters. The first-order valence-electron chi connectivity index (χ1n) is 14.5. The molecule has 2 aromatic carbocycles. The van der Waals surface area contributed by atoms with E-state index in [1.54, 1.807) is 31.9 Å². The predicted molar refractivity (Wildman–Crippen MR) is 163 cm³/mol. The van der Waals surface area contributed by atoms with Crippen molar-refractivity contribution in [1.82, 2.24) is 20.0 Å². The Hall–Kier alpha value is -3.63. The molecule has 2 amide bonds. The summed E-state index contributed by atoms with van der Waals surface area (Å²) >= 11 is 0. The highest BCUT2D eigenvalue weighted by Gasteiger charge is 2.52. The molecule has 0 saturated carbocycles. The molecule has 4 rings (SSSR count). The average Bonchev–Trinajstić information content (AvgIpc) is 3.45. The van der Waals surface area contributed by atoms with Crippen LogP contribution < -0.4 is 10.8 Å². The van der Waals surface area contributed by atoms with E-state index in [-0.39, 0.29) is 12.5 Å². The van der Waals surface area contributed by atoms with Crippen LogP contribution in [0.25, 0.3) is 0 Å². The van der Waals surface area contributed by atoms with E-state index in [1.165, 1.54) is 0 Å². The second-order valence-electron chi connectivity index (χ2n) is 12.8. The highest BCUT2D eigenvalue weighted by Crippen LogP contribution is 2.36. The number of benzene rings is 2. The second kappa shape index (κ2) is 12.7. The summed E-state index contributed by atoms with van der Waals surface area (Å²) in [4.78, 5) is 27.2. The molecule has 1 saturated heterocycles. The highest BCUT2D eigenvalue weighted by molar-refractivity contribution is 6.62. The van der Waals surface area contributed by atoms with Crippen molar-refractivity contribution in [3.8, 4) is 0 Å². The molecular formula is C32H43BN4O5. The number of nitrogens with zero attached hydrogens (tertiary/aromatic N) is 3. The Bertz CT molecular complexity index is 1350. The molecule has 0 spiro atoms. The Morgan fingerprint density at radius 1 is 0.976 bits per heavy atom. The minimum absolute atomic E-state index is 0.140. The standard InChI is InChI=1S/C32H43BN4O5/c1-30(2,3)40-29(39)34-20-28(38)36(17-16-24-12-9-8-10-13-24)21-25-14-11-15-26(18-25)22-37-23-27(19-35-37)33-41-31(4,5)32(6,7)42-33/h8-15,18-19,23H,16-17,20-22H2,1-7H3,(H,34,39). The topological polar surface area (TPSA) is 94.9 Å². The molecule has 0 aliphatic carbocycles. The van der Waals surface area contributed by atoms with Gasteiger partial charge < -0.3 is 24.3 Å². The molecule has 1 aromatic heterocycles. The molecular weight excluding hydrogens is 531 g/mol. The van der Waals surface area contributed by atoms with E-state index in [0.29, 0.717) is 26.1 Å². The van der Waals surface area contributed by atoms with Crippen molar-refractivity contribution < 1.29 is 23.6 Å². The van der Waals surface area contributed by atoms with Gasteiger partial charge in [0.2, 0.25) is 5.91 Å². The van der Waals surface area contributed by atoms with E-state index in [9.17, 15) is 9.59 Å². The molecule has 1 aliphatic heterocycles. The van der Waals surface area contributed by atoms with Gasteiger partial charge in [0.15, 0.2) is 0 Å². The summed E-state index contributed by atoms with van der Waals surface area (Å²) in [7, 11) is -0.464. The predicted octanol–water partition coefficient (Wildman–Crippen LogP) is 4.33. The van der Waals surface area contributed by atoms with E-state index in [2.05, 4.69) is 16.5 Å². The largest absolute Gasteiger partial charge is 0.498 e. The lowest BCUT2D eigenvalue weighted by Crippen LogP contribution is -2.42. The molecule has 0 unspecified atom stereocenters. The molecule has 0 radical (unpaired) electrons. The Balaban J connectivity index is 1.42. The lowest BCUT2D eigenvalue weighted by Gasteiger charge is -2.32. The van der Waals surface area contributed by atoms with Crippen molar-refractivity contribution in [1.29, 1.82) is 0 Å². The second-order valence-corrected chi connectivity index (χ2v) is 12.8. The Labute approximate surface area is 249 Å². The lowest BCUT2D eigenvalue weighted by molar-refractivity contribution is -0.130. The summed E-state index contributed by atoms with van der Waals surface area (Å²) in [5.74, 6) is -0.179. The third-order valence-corrected chi connectivity index (χ3v) is 7.54. The third kappa shape index (κ3) is 8.45. The zero-order valence-corrected chi connectivity index (χ0v) is 25.8. The molecule has 2 heterocycles. The van der Waals surface area contributed by atoms with Gasteiger partial charge in [0.1, 0.15) is 12.1 Å². The molecule has 1 N–H and O–H groups in total. The number of alkyl carbamates (subject to hydrolysis) is 1. The van der Waals surface area contributed by atoms with Crippen LogP contribution in [0.5, 0.6) is 0 Å². The monoisotopic (exact) mass is 574 g/mol. The van der Waals surface area contributed by atoms with Crippen molar-refractivity contribution in [3.63, 3.8) is 0 Å². The van der Waals surface area contributed by atoms with Gasteiger partial charge >= 0.3 is 13.2 Å².